The molecule has 2 rings (SSSR count). The van der Waals surface area contributed by atoms with Crippen molar-refractivity contribution in [2.24, 2.45) is 0 Å². The molecule has 1 N–H and O–H groups in total. The Morgan fingerprint density at radius 3 is 2.62 bits per heavy atom. The number of pyridine rings is 1. The first-order valence-electron chi connectivity index (χ1n) is 7.39. The normalized spacial score (nSPS) is 15.3. The predicted octanol–water partition coefficient (Wildman–Crippen LogP) is 3.42. The first-order valence-corrected chi connectivity index (χ1v) is 7.39. The number of hydrogen-bond donors (Lipinski definition) is 1. The molecule has 1 aromatic rings. The summed E-state index contributed by atoms with van der Waals surface area (Å²) in [5, 5.41) is 3.38. The number of halogens is 3. The van der Waals surface area contributed by atoms with Crippen LogP contribution in [0.25, 0.3) is 0 Å². The van der Waals surface area contributed by atoms with Crippen LogP contribution in [0.1, 0.15) is 37.3 Å². The van der Waals surface area contributed by atoms with Gasteiger partial charge < -0.3 is 10.2 Å². The largest absolute Gasteiger partial charge is 0.405 e. The topological polar surface area (TPSA) is 28.2 Å². The van der Waals surface area contributed by atoms with Crippen molar-refractivity contribution in [2.45, 2.75) is 51.9 Å². The van der Waals surface area contributed by atoms with Crippen molar-refractivity contribution < 1.29 is 13.2 Å². The lowest BCUT2D eigenvalue weighted by Crippen LogP contribution is -2.36. The molecule has 1 saturated carbocycles. The predicted molar refractivity (Wildman–Crippen MR) is 77.4 cm³/mol. The highest BCUT2D eigenvalue weighted by molar-refractivity contribution is 5.47. The van der Waals surface area contributed by atoms with Crippen LogP contribution in [0, 0.1) is 6.92 Å². The maximum Gasteiger partial charge on any atom is 0.405 e. The first kappa shape index (κ1) is 16.1. The second-order valence-corrected chi connectivity index (χ2v) is 5.68. The Labute approximate surface area is 123 Å². The molecule has 0 amide bonds. The van der Waals surface area contributed by atoms with Crippen LogP contribution in [0.4, 0.5) is 19.0 Å². The van der Waals surface area contributed by atoms with E-state index in [1.54, 1.807) is 6.20 Å². The molecular formula is C15H22F3N3. The fourth-order valence-corrected chi connectivity index (χ4v) is 2.35. The molecule has 1 aliphatic carbocycles. The standard InChI is InChI=1S/C15H22F3N3/c1-3-6-21(10-15(16,17)18)14-11(2)7-12(9-20-14)8-19-13-4-5-13/h7,9,13,19H,3-6,8,10H2,1-2H3. The monoisotopic (exact) mass is 301 g/mol. The Hall–Kier alpha value is -1.30. The molecular weight excluding hydrogens is 279 g/mol. The maximum absolute atomic E-state index is 12.7. The third-order valence-corrected chi connectivity index (χ3v) is 3.44. The highest BCUT2D eigenvalue weighted by Gasteiger charge is 2.31. The zero-order chi connectivity index (χ0) is 15.5. The van der Waals surface area contributed by atoms with Gasteiger partial charge in [0.2, 0.25) is 0 Å². The molecule has 0 atom stereocenters. The molecule has 1 heterocycles. The van der Waals surface area contributed by atoms with E-state index in [-0.39, 0.29) is 0 Å². The van der Waals surface area contributed by atoms with Gasteiger partial charge in [0.05, 0.1) is 0 Å². The molecule has 0 unspecified atom stereocenters. The van der Waals surface area contributed by atoms with Crippen LogP contribution in [0.3, 0.4) is 0 Å². The molecule has 21 heavy (non-hydrogen) atoms. The second kappa shape index (κ2) is 6.64. The molecule has 1 aromatic heterocycles. The third-order valence-electron chi connectivity index (χ3n) is 3.44. The zero-order valence-electron chi connectivity index (χ0n) is 12.5. The molecule has 0 saturated heterocycles. The fourth-order valence-electron chi connectivity index (χ4n) is 2.35. The van der Waals surface area contributed by atoms with Gasteiger partial charge in [-0.3, -0.25) is 0 Å². The SMILES string of the molecule is CCCN(CC(F)(F)F)c1ncc(CNC2CC2)cc1C. The number of rotatable bonds is 7. The minimum Gasteiger partial charge on any atom is -0.347 e. The van der Waals surface area contributed by atoms with Crippen LogP contribution < -0.4 is 10.2 Å². The second-order valence-electron chi connectivity index (χ2n) is 5.68. The van der Waals surface area contributed by atoms with Crippen molar-refractivity contribution in [2.75, 3.05) is 18.0 Å². The maximum atomic E-state index is 12.7. The minimum absolute atomic E-state index is 0.354. The quantitative estimate of drug-likeness (QED) is 0.836. The summed E-state index contributed by atoms with van der Waals surface area (Å²) in [5.74, 6) is 0.435. The van der Waals surface area contributed by atoms with Crippen LogP contribution in [-0.4, -0.2) is 30.3 Å². The number of aryl methyl sites for hydroxylation is 1. The Morgan fingerprint density at radius 1 is 1.38 bits per heavy atom. The Balaban J connectivity index is 2.08. The van der Waals surface area contributed by atoms with Crippen molar-refractivity contribution in [3.05, 3.63) is 23.4 Å². The van der Waals surface area contributed by atoms with Crippen LogP contribution >= 0.6 is 0 Å². The van der Waals surface area contributed by atoms with E-state index < -0.39 is 12.7 Å². The van der Waals surface area contributed by atoms with Crippen molar-refractivity contribution >= 4 is 5.82 Å². The van der Waals surface area contributed by atoms with Gasteiger partial charge in [0.25, 0.3) is 0 Å². The van der Waals surface area contributed by atoms with Crippen LogP contribution in [0.15, 0.2) is 12.3 Å². The lowest BCUT2D eigenvalue weighted by molar-refractivity contribution is -0.119. The Kier molecular flexibility index (Phi) is 5.08. The highest BCUT2D eigenvalue weighted by atomic mass is 19.4. The first-order chi connectivity index (χ1) is 9.89. The smallest absolute Gasteiger partial charge is 0.347 e. The van der Waals surface area contributed by atoms with Crippen LogP contribution in [0.5, 0.6) is 0 Å². The summed E-state index contributed by atoms with van der Waals surface area (Å²) in [6.45, 7) is 3.82. The van der Waals surface area contributed by atoms with Gasteiger partial charge in [-0.1, -0.05) is 6.92 Å². The minimum atomic E-state index is -4.21. The number of hydrogen-bond acceptors (Lipinski definition) is 3. The van der Waals surface area contributed by atoms with Crippen molar-refractivity contribution in [1.82, 2.24) is 10.3 Å². The van der Waals surface area contributed by atoms with Gasteiger partial charge >= 0.3 is 6.18 Å². The molecule has 0 bridgehead atoms. The molecule has 0 radical (unpaired) electrons. The van der Waals surface area contributed by atoms with E-state index in [0.717, 1.165) is 17.7 Å². The number of aromatic nitrogens is 1. The van der Waals surface area contributed by atoms with Gasteiger partial charge in [0.1, 0.15) is 12.4 Å². The van der Waals surface area contributed by atoms with Gasteiger partial charge in [0, 0.05) is 25.3 Å². The molecule has 118 valence electrons. The Morgan fingerprint density at radius 2 is 2.10 bits per heavy atom. The van der Waals surface area contributed by atoms with Gasteiger partial charge in [-0.2, -0.15) is 13.2 Å². The van der Waals surface area contributed by atoms with Gasteiger partial charge in [-0.15, -0.1) is 0 Å². The average Bonchev–Trinajstić information content (AvgIpc) is 3.18. The van der Waals surface area contributed by atoms with Crippen LogP contribution in [-0.2, 0) is 6.54 Å². The van der Waals surface area contributed by atoms with E-state index in [1.807, 2.05) is 19.9 Å². The van der Waals surface area contributed by atoms with Crippen LogP contribution in [0.2, 0.25) is 0 Å². The molecule has 3 nitrogen and oxygen atoms in total. The van der Waals surface area contributed by atoms with E-state index in [1.165, 1.54) is 17.7 Å². The van der Waals surface area contributed by atoms with E-state index >= 15 is 0 Å². The van der Waals surface area contributed by atoms with E-state index in [9.17, 15) is 13.2 Å². The molecule has 0 spiro atoms. The molecule has 0 aromatic carbocycles. The average molecular weight is 301 g/mol. The van der Waals surface area contributed by atoms with E-state index in [0.29, 0.717) is 24.8 Å². The molecule has 0 aliphatic heterocycles. The summed E-state index contributed by atoms with van der Waals surface area (Å²) in [7, 11) is 0. The summed E-state index contributed by atoms with van der Waals surface area (Å²) in [6.07, 6.45) is 0.537. The summed E-state index contributed by atoms with van der Waals surface area (Å²) < 4.78 is 38.0. The lowest BCUT2D eigenvalue weighted by atomic mass is 10.2. The van der Waals surface area contributed by atoms with Crippen molar-refractivity contribution in [3.8, 4) is 0 Å². The zero-order valence-corrected chi connectivity index (χ0v) is 12.5. The van der Waals surface area contributed by atoms with Gasteiger partial charge in [-0.05, 0) is 43.4 Å². The third kappa shape index (κ3) is 5.19. The lowest BCUT2D eigenvalue weighted by Gasteiger charge is -2.26. The van der Waals surface area contributed by atoms with Crippen molar-refractivity contribution in [1.29, 1.82) is 0 Å². The summed E-state index contributed by atoms with van der Waals surface area (Å²) >= 11 is 0. The van der Waals surface area contributed by atoms with E-state index in [2.05, 4.69) is 10.3 Å². The molecule has 1 fully saturated rings. The summed E-state index contributed by atoms with van der Waals surface area (Å²) in [5.41, 5.74) is 1.81. The summed E-state index contributed by atoms with van der Waals surface area (Å²) in [4.78, 5) is 5.58. The summed E-state index contributed by atoms with van der Waals surface area (Å²) in [6, 6.07) is 2.53. The number of nitrogens with zero attached hydrogens (tertiary/aromatic N) is 2. The van der Waals surface area contributed by atoms with Crippen molar-refractivity contribution in [3.63, 3.8) is 0 Å². The number of nitrogens with one attached hydrogen (secondary N) is 1. The molecule has 6 heteroatoms. The number of anilines is 1. The van der Waals surface area contributed by atoms with E-state index in [4.69, 9.17) is 0 Å². The Bertz CT molecular complexity index is 470. The fraction of sp³-hybridized carbons (Fsp3) is 0.667. The number of alkyl halides is 3. The highest BCUT2D eigenvalue weighted by Crippen LogP contribution is 2.24. The molecule has 1 aliphatic rings. The van der Waals surface area contributed by atoms with Gasteiger partial charge in [-0.25, -0.2) is 4.98 Å². The van der Waals surface area contributed by atoms with Gasteiger partial charge in [0.15, 0.2) is 0 Å².